The highest BCUT2D eigenvalue weighted by Crippen LogP contribution is 2.44. The molecule has 0 heterocycles. The van der Waals surface area contributed by atoms with Gasteiger partial charge < -0.3 is 18.9 Å². The molecular formula is C52H64O6. The van der Waals surface area contributed by atoms with Gasteiger partial charge in [0.15, 0.2) is 0 Å². The highest BCUT2D eigenvalue weighted by molar-refractivity contribution is 6.13. The molecule has 0 aliphatic heterocycles. The fourth-order valence-electron chi connectivity index (χ4n) is 7.34. The van der Waals surface area contributed by atoms with Gasteiger partial charge in [-0.3, -0.25) is 9.59 Å². The van der Waals surface area contributed by atoms with E-state index < -0.39 is 0 Å². The van der Waals surface area contributed by atoms with Crippen molar-refractivity contribution in [3.05, 3.63) is 97.1 Å². The summed E-state index contributed by atoms with van der Waals surface area (Å²) in [5.41, 5.74) is 0. The molecule has 0 unspecified atom stereocenters. The van der Waals surface area contributed by atoms with Gasteiger partial charge in [0.05, 0.1) is 13.2 Å². The van der Waals surface area contributed by atoms with E-state index in [0.717, 1.165) is 132 Å². The lowest BCUT2D eigenvalue weighted by Gasteiger charge is -2.17. The molecule has 6 rings (SSSR count). The number of hydrogen-bond acceptors (Lipinski definition) is 6. The molecule has 6 aromatic carbocycles. The Hall–Kier alpha value is -5.10. The Kier molecular flexibility index (Phi) is 18.2. The van der Waals surface area contributed by atoms with E-state index in [-0.39, 0.29) is 11.9 Å². The molecule has 0 radical (unpaired) electrons. The van der Waals surface area contributed by atoms with Crippen LogP contribution in [0.3, 0.4) is 0 Å². The minimum atomic E-state index is -0.219. The number of carbonyl (C=O) groups excluding carboxylic acids is 2. The van der Waals surface area contributed by atoms with Gasteiger partial charge in [-0.1, -0.05) is 189 Å². The number of benzene rings is 6. The number of rotatable bonds is 22. The number of ether oxygens (including phenoxy) is 4. The second kappa shape index (κ2) is 24.0. The van der Waals surface area contributed by atoms with Crippen LogP contribution in [-0.4, -0.2) is 25.2 Å². The first kappa shape index (κ1) is 44.0. The fraction of sp³-hybridized carbons (Fsp3) is 0.423. The molecular weight excluding hydrogens is 721 g/mol. The molecule has 0 aliphatic carbocycles. The van der Waals surface area contributed by atoms with E-state index in [4.69, 9.17) is 18.9 Å². The zero-order valence-corrected chi connectivity index (χ0v) is 35.4. The monoisotopic (exact) mass is 784 g/mol. The molecule has 6 nitrogen and oxygen atoms in total. The topological polar surface area (TPSA) is 71.1 Å². The van der Waals surface area contributed by atoms with E-state index in [1.54, 1.807) is 0 Å². The molecule has 0 N–H and O–H groups in total. The third kappa shape index (κ3) is 12.0. The lowest BCUT2D eigenvalue weighted by molar-refractivity contribution is -0.135. The third-order valence-corrected chi connectivity index (χ3v) is 10.6. The van der Waals surface area contributed by atoms with E-state index in [0.29, 0.717) is 24.3 Å². The predicted octanol–water partition coefficient (Wildman–Crippen LogP) is 14.9. The summed E-state index contributed by atoms with van der Waals surface area (Å²) in [4.78, 5) is 25.4. The molecule has 0 aliphatic rings. The minimum absolute atomic E-state index is 0.219. The largest absolute Gasteiger partial charge is 0.492 e. The van der Waals surface area contributed by atoms with Crippen LogP contribution in [0, 0.1) is 0 Å². The highest BCUT2D eigenvalue weighted by atomic mass is 16.5. The number of fused-ring (bicyclic) bond motifs is 4. The molecule has 0 saturated heterocycles. The molecule has 6 aromatic rings. The van der Waals surface area contributed by atoms with Crippen molar-refractivity contribution in [1.82, 2.24) is 0 Å². The van der Waals surface area contributed by atoms with Crippen LogP contribution in [0.25, 0.3) is 43.1 Å². The smallest absolute Gasteiger partial charge is 0.311 e. The first-order valence-electron chi connectivity index (χ1n) is 22.1. The molecule has 0 aromatic heterocycles. The summed E-state index contributed by atoms with van der Waals surface area (Å²) in [6.07, 6.45) is 16.0. The van der Waals surface area contributed by atoms with Crippen LogP contribution in [0.2, 0.25) is 0 Å². The first-order chi connectivity index (χ1) is 28.5. The molecule has 0 saturated carbocycles. The number of unbranched alkanes of at least 4 members (excludes halogenated alkanes) is 10. The van der Waals surface area contributed by atoms with Crippen molar-refractivity contribution >= 4 is 55.0 Å². The Bertz CT molecular complexity index is 1940. The Morgan fingerprint density at radius 1 is 0.345 bits per heavy atom. The molecule has 0 atom stereocenters. The van der Waals surface area contributed by atoms with Gasteiger partial charge in [-0.2, -0.15) is 0 Å². The van der Waals surface area contributed by atoms with Crippen molar-refractivity contribution in [3.63, 3.8) is 0 Å². The van der Waals surface area contributed by atoms with Crippen molar-refractivity contribution in [2.75, 3.05) is 13.2 Å². The first-order valence-corrected chi connectivity index (χ1v) is 22.1. The molecule has 58 heavy (non-hydrogen) atoms. The van der Waals surface area contributed by atoms with E-state index >= 15 is 0 Å². The Morgan fingerprint density at radius 2 is 0.603 bits per heavy atom. The zero-order valence-electron chi connectivity index (χ0n) is 35.4. The third-order valence-electron chi connectivity index (χ3n) is 10.6. The average Bonchev–Trinajstić information content (AvgIpc) is 3.25. The maximum atomic E-state index is 12.7. The Balaban J connectivity index is 0.000000234. The van der Waals surface area contributed by atoms with E-state index in [1.807, 2.05) is 48.5 Å². The van der Waals surface area contributed by atoms with Gasteiger partial charge in [-0.25, -0.2) is 0 Å². The Morgan fingerprint density at radius 3 is 0.879 bits per heavy atom. The SMILES string of the molecule is CCCCCCCC(=O)Oc1c2ccccc2c(OC(=O)CCCCCCC)c2ccccc12.CCCCOc1c2ccccc2c(OCCCC)c2ccccc12. The standard InChI is InChI=1S/C30H38O4.C22H26O2/c1-3-5-7-9-11-21-27(31)33-29-23-17-13-15-19-25(23)30(26-20-16-14-18-24(26)29)34-28(32)22-12-10-8-6-4-2;1-3-5-15-23-21-17-11-7-9-13-19(17)22(24-16-6-4-2)20-14-10-8-12-18(20)21/h13-20H,3-12,21-22H2,1-2H3;7-14H,3-6,15-16H2,1-2H3. The van der Waals surface area contributed by atoms with Crippen molar-refractivity contribution in [1.29, 1.82) is 0 Å². The van der Waals surface area contributed by atoms with E-state index in [2.05, 4.69) is 76.2 Å². The van der Waals surface area contributed by atoms with E-state index in [9.17, 15) is 9.59 Å². The normalized spacial score (nSPS) is 11.1. The van der Waals surface area contributed by atoms with Crippen LogP contribution in [0.1, 0.15) is 130 Å². The molecule has 308 valence electrons. The number of carbonyl (C=O) groups is 2. The van der Waals surface area contributed by atoms with Gasteiger partial charge in [0.25, 0.3) is 0 Å². The summed E-state index contributed by atoms with van der Waals surface area (Å²) < 4.78 is 24.3. The summed E-state index contributed by atoms with van der Waals surface area (Å²) in [6.45, 7) is 10.2. The van der Waals surface area contributed by atoms with Crippen LogP contribution in [-0.2, 0) is 9.59 Å². The van der Waals surface area contributed by atoms with Gasteiger partial charge in [0.1, 0.15) is 23.0 Å². The van der Waals surface area contributed by atoms with Crippen LogP contribution in [0.4, 0.5) is 0 Å². The van der Waals surface area contributed by atoms with Crippen LogP contribution < -0.4 is 18.9 Å². The quantitative estimate of drug-likeness (QED) is 0.0295. The van der Waals surface area contributed by atoms with Gasteiger partial charge in [-0.05, 0) is 25.7 Å². The van der Waals surface area contributed by atoms with Crippen LogP contribution in [0.5, 0.6) is 23.0 Å². The molecule has 0 bridgehead atoms. The maximum absolute atomic E-state index is 12.7. The van der Waals surface area contributed by atoms with Crippen molar-refractivity contribution < 1.29 is 28.5 Å². The number of esters is 2. The molecule has 0 fully saturated rings. The van der Waals surface area contributed by atoms with Gasteiger partial charge in [0.2, 0.25) is 0 Å². The summed E-state index contributed by atoms with van der Waals surface area (Å²) in [5, 5.41) is 7.69. The highest BCUT2D eigenvalue weighted by Gasteiger charge is 2.20. The van der Waals surface area contributed by atoms with Crippen LogP contribution in [0.15, 0.2) is 97.1 Å². The van der Waals surface area contributed by atoms with Crippen molar-refractivity contribution in [3.8, 4) is 23.0 Å². The maximum Gasteiger partial charge on any atom is 0.311 e. The Labute approximate surface area is 346 Å². The lowest BCUT2D eigenvalue weighted by atomic mass is 10.0. The predicted molar refractivity (Wildman–Crippen MR) is 242 cm³/mol. The fourth-order valence-corrected chi connectivity index (χ4v) is 7.34. The summed E-state index contributed by atoms with van der Waals surface area (Å²) in [7, 11) is 0. The average molecular weight is 785 g/mol. The summed E-state index contributed by atoms with van der Waals surface area (Å²) in [6, 6.07) is 32.2. The zero-order chi connectivity index (χ0) is 41.0. The van der Waals surface area contributed by atoms with Crippen LogP contribution >= 0.6 is 0 Å². The molecule has 0 spiro atoms. The van der Waals surface area contributed by atoms with Crippen molar-refractivity contribution in [2.45, 2.75) is 130 Å². The van der Waals surface area contributed by atoms with Gasteiger partial charge in [-0.15, -0.1) is 0 Å². The molecule has 0 amide bonds. The van der Waals surface area contributed by atoms with Gasteiger partial charge in [0, 0.05) is 55.9 Å². The van der Waals surface area contributed by atoms with Gasteiger partial charge >= 0.3 is 11.9 Å². The molecule has 6 heteroatoms. The second-order valence-corrected chi connectivity index (χ2v) is 15.2. The van der Waals surface area contributed by atoms with Crippen molar-refractivity contribution in [2.24, 2.45) is 0 Å². The minimum Gasteiger partial charge on any atom is -0.492 e. The summed E-state index contributed by atoms with van der Waals surface area (Å²) in [5.74, 6) is 2.62. The number of hydrogen-bond donors (Lipinski definition) is 0. The second-order valence-electron chi connectivity index (χ2n) is 15.2. The lowest BCUT2D eigenvalue weighted by Crippen LogP contribution is -2.10. The summed E-state index contributed by atoms with van der Waals surface area (Å²) >= 11 is 0. The van der Waals surface area contributed by atoms with E-state index in [1.165, 1.54) is 25.7 Å².